The van der Waals surface area contributed by atoms with Gasteiger partial charge in [0.1, 0.15) is 17.3 Å². The van der Waals surface area contributed by atoms with Crippen LogP contribution in [0.3, 0.4) is 0 Å². The number of sulfone groups is 1. The van der Waals surface area contributed by atoms with Crippen LogP contribution in [0.1, 0.15) is 21.5 Å². The molecule has 1 aliphatic heterocycles. The number of rotatable bonds is 4. The number of fused-ring (bicyclic) bond motifs is 1. The SMILES string of the molecule is CS(=O)(=O)c1cccc(N2CCc3ccc(Oc4ccc(C(F)(F)F)cc4)cc3C2=O)n1. The molecule has 32 heavy (non-hydrogen) atoms. The van der Waals surface area contributed by atoms with E-state index < -0.39 is 21.6 Å². The highest BCUT2D eigenvalue weighted by atomic mass is 32.2. The van der Waals surface area contributed by atoms with Crippen molar-refractivity contribution >= 4 is 21.6 Å². The van der Waals surface area contributed by atoms with Gasteiger partial charge in [0, 0.05) is 18.4 Å². The molecule has 0 radical (unpaired) electrons. The zero-order chi connectivity index (χ0) is 23.1. The standard InChI is InChI=1S/C22H17F3N2O4S/c1-32(29,30)20-4-2-3-19(26-20)27-12-11-14-5-8-17(13-18(14)21(27)28)31-16-9-6-15(7-10-16)22(23,24)25/h2-10,13H,11-12H2,1H3. The summed E-state index contributed by atoms with van der Waals surface area (Å²) in [6.45, 7) is 0.325. The minimum atomic E-state index is -4.44. The van der Waals surface area contributed by atoms with Crippen LogP contribution in [-0.2, 0) is 22.4 Å². The van der Waals surface area contributed by atoms with Gasteiger partial charge >= 0.3 is 6.18 Å². The largest absolute Gasteiger partial charge is 0.457 e. The van der Waals surface area contributed by atoms with E-state index in [1.54, 1.807) is 18.2 Å². The summed E-state index contributed by atoms with van der Waals surface area (Å²) in [4.78, 5) is 18.6. The highest BCUT2D eigenvalue weighted by Crippen LogP contribution is 2.33. The van der Waals surface area contributed by atoms with Crippen molar-refractivity contribution in [2.75, 3.05) is 17.7 Å². The van der Waals surface area contributed by atoms with E-state index in [2.05, 4.69) is 4.98 Å². The Morgan fingerprint density at radius 2 is 1.69 bits per heavy atom. The van der Waals surface area contributed by atoms with Crippen LogP contribution in [0.5, 0.6) is 11.5 Å². The lowest BCUT2D eigenvalue weighted by Crippen LogP contribution is -2.38. The number of carbonyl (C=O) groups is 1. The van der Waals surface area contributed by atoms with Crippen LogP contribution in [0.4, 0.5) is 19.0 Å². The summed E-state index contributed by atoms with van der Waals surface area (Å²) >= 11 is 0. The maximum absolute atomic E-state index is 13.1. The van der Waals surface area contributed by atoms with Gasteiger partial charge in [0.2, 0.25) is 0 Å². The van der Waals surface area contributed by atoms with Crippen LogP contribution in [0.2, 0.25) is 0 Å². The third kappa shape index (κ3) is 4.45. The number of amides is 1. The Morgan fingerprint density at radius 3 is 2.34 bits per heavy atom. The number of anilines is 1. The molecule has 10 heteroatoms. The third-order valence-electron chi connectivity index (χ3n) is 4.94. The Balaban J connectivity index is 1.59. The predicted octanol–water partition coefficient (Wildman–Crippen LogP) is 4.50. The molecule has 0 saturated carbocycles. The number of benzene rings is 2. The number of nitrogens with zero attached hydrogens (tertiary/aromatic N) is 2. The molecule has 0 unspecified atom stereocenters. The first kappa shape index (κ1) is 21.8. The summed E-state index contributed by atoms with van der Waals surface area (Å²) in [5, 5.41) is -0.131. The number of carbonyl (C=O) groups excluding carboxylic acids is 1. The monoisotopic (exact) mass is 462 g/mol. The zero-order valence-corrected chi connectivity index (χ0v) is 17.6. The molecule has 166 valence electrons. The number of aromatic nitrogens is 1. The van der Waals surface area contributed by atoms with Crippen LogP contribution in [0, 0.1) is 0 Å². The molecule has 3 aromatic rings. The van der Waals surface area contributed by atoms with Crippen molar-refractivity contribution in [1.82, 2.24) is 4.98 Å². The van der Waals surface area contributed by atoms with E-state index in [-0.39, 0.29) is 28.3 Å². The van der Waals surface area contributed by atoms with Gasteiger partial charge in [-0.2, -0.15) is 13.2 Å². The van der Waals surface area contributed by atoms with Crippen LogP contribution < -0.4 is 9.64 Å². The second kappa shape index (κ2) is 7.94. The molecule has 0 atom stereocenters. The lowest BCUT2D eigenvalue weighted by molar-refractivity contribution is -0.137. The quantitative estimate of drug-likeness (QED) is 0.571. The summed E-state index contributed by atoms with van der Waals surface area (Å²) in [7, 11) is -3.54. The van der Waals surface area contributed by atoms with E-state index in [9.17, 15) is 26.4 Å². The first-order chi connectivity index (χ1) is 15.0. The molecule has 1 aliphatic rings. The minimum Gasteiger partial charge on any atom is -0.457 e. The fourth-order valence-electron chi connectivity index (χ4n) is 3.34. The van der Waals surface area contributed by atoms with Crippen molar-refractivity contribution in [3.63, 3.8) is 0 Å². The highest BCUT2D eigenvalue weighted by Gasteiger charge is 2.30. The molecule has 0 fully saturated rings. The van der Waals surface area contributed by atoms with Crippen molar-refractivity contribution in [2.24, 2.45) is 0 Å². The number of alkyl halides is 3. The van der Waals surface area contributed by atoms with Crippen molar-refractivity contribution in [3.05, 3.63) is 77.4 Å². The number of ether oxygens (including phenoxy) is 1. The third-order valence-corrected chi connectivity index (χ3v) is 5.93. The van der Waals surface area contributed by atoms with E-state index in [1.165, 1.54) is 35.2 Å². The fourth-order valence-corrected chi connectivity index (χ4v) is 3.93. The maximum Gasteiger partial charge on any atom is 0.416 e. The highest BCUT2D eigenvalue weighted by molar-refractivity contribution is 7.90. The molecule has 2 aromatic carbocycles. The van der Waals surface area contributed by atoms with Gasteiger partial charge in [-0.1, -0.05) is 12.1 Å². The fraction of sp³-hybridized carbons (Fsp3) is 0.182. The first-order valence-corrected chi connectivity index (χ1v) is 11.4. The van der Waals surface area contributed by atoms with Crippen molar-refractivity contribution in [1.29, 1.82) is 0 Å². The van der Waals surface area contributed by atoms with E-state index in [0.717, 1.165) is 24.0 Å². The molecule has 1 amide bonds. The molecule has 4 rings (SSSR count). The molecule has 0 N–H and O–H groups in total. The molecule has 0 aliphatic carbocycles. The van der Waals surface area contributed by atoms with Crippen LogP contribution in [0.15, 0.2) is 65.7 Å². The van der Waals surface area contributed by atoms with Gasteiger partial charge in [-0.05, 0) is 60.5 Å². The molecular formula is C22H17F3N2O4S. The number of hydrogen-bond donors (Lipinski definition) is 0. The molecule has 2 heterocycles. The summed E-state index contributed by atoms with van der Waals surface area (Å²) in [5.41, 5.74) is 0.349. The molecule has 1 aromatic heterocycles. The number of hydrogen-bond acceptors (Lipinski definition) is 5. The van der Waals surface area contributed by atoms with E-state index in [4.69, 9.17) is 4.74 Å². The maximum atomic E-state index is 13.1. The molecular weight excluding hydrogens is 445 g/mol. The van der Waals surface area contributed by atoms with Crippen LogP contribution >= 0.6 is 0 Å². The normalized spacial score (nSPS) is 14.2. The molecule has 0 saturated heterocycles. The number of pyridine rings is 1. The van der Waals surface area contributed by atoms with Gasteiger partial charge in [-0.25, -0.2) is 13.4 Å². The average molecular weight is 462 g/mol. The van der Waals surface area contributed by atoms with Crippen molar-refractivity contribution in [2.45, 2.75) is 17.6 Å². The Kier molecular flexibility index (Phi) is 5.41. The summed E-state index contributed by atoms with van der Waals surface area (Å²) in [6.07, 6.45) is -2.88. The van der Waals surface area contributed by atoms with Gasteiger partial charge in [0.05, 0.1) is 5.56 Å². The van der Waals surface area contributed by atoms with E-state index in [0.29, 0.717) is 18.5 Å². The van der Waals surface area contributed by atoms with Gasteiger partial charge in [0.25, 0.3) is 5.91 Å². The molecule has 6 nitrogen and oxygen atoms in total. The smallest absolute Gasteiger partial charge is 0.416 e. The Labute approximate surface area is 182 Å². The second-order valence-corrected chi connectivity index (χ2v) is 9.22. The molecule has 0 bridgehead atoms. The van der Waals surface area contributed by atoms with Gasteiger partial charge in [-0.3, -0.25) is 9.69 Å². The Hall–Kier alpha value is -3.40. The molecule has 0 spiro atoms. The van der Waals surface area contributed by atoms with Crippen molar-refractivity contribution < 1.29 is 31.1 Å². The average Bonchev–Trinajstić information content (AvgIpc) is 2.74. The zero-order valence-electron chi connectivity index (χ0n) is 16.8. The lowest BCUT2D eigenvalue weighted by atomic mass is 9.98. The van der Waals surface area contributed by atoms with Gasteiger partial charge in [-0.15, -0.1) is 0 Å². The first-order valence-electron chi connectivity index (χ1n) is 9.49. The summed E-state index contributed by atoms with van der Waals surface area (Å²) in [5.74, 6) is 0.331. The minimum absolute atomic E-state index is 0.131. The second-order valence-electron chi connectivity index (χ2n) is 7.26. The van der Waals surface area contributed by atoms with E-state index in [1.807, 2.05) is 0 Å². The topological polar surface area (TPSA) is 76.6 Å². The Morgan fingerprint density at radius 1 is 1.00 bits per heavy atom. The summed E-state index contributed by atoms with van der Waals surface area (Å²) < 4.78 is 67.4. The number of halogens is 3. The predicted molar refractivity (Wildman–Crippen MR) is 111 cm³/mol. The van der Waals surface area contributed by atoms with Crippen LogP contribution in [-0.4, -0.2) is 32.1 Å². The van der Waals surface area contributed by atoms with E-state index >= 15 is 0 Å². The summed E-state index contributed by atoms with van der Waals surface area (Å²) in [6, 6.07) is 13.6. The lowest BCUT2D eigenvalue weighted by Gasteiger charge is -2.28. The van der Waals surface area contributed by atoms with Gasteiger partial charge < -0.3 is 4.74 Å². The Bertz CT molecular complexity index is 1290. The van der Waals surface area contributed by atoms with Crippen LogP contribution in [0.25, 0.3) is 0 Å². The van der Waals surface area contributed by atoms with Gasteiger partial charge in [0.15, 0.2) is 14.9 Å². The van der Waals surface area contributed by atoms with Crippen molar-refractivity contribution in [3.8, 4) is 11.5 Å².